The highest BCUT2D eigenvalue weighted by molar-refractivity contribution is 5.91. The van der Waals surface area contributed by atoms with Crippen LogP contribution in [-0.2, 0) is 6.54 Å². The lowest BCUT2D eigenvalue weighted by molar-refractivity contribution is -0.140. The largest absolute Gasteiger partial charge is 0.406 e. The number of nitrogens with one attached hydrogen (secondary N) is 1. The lowest BCUT2D eigenvalue weighted by Gasteiger charge is -2.29. The van der Waals surface area contributed by atoms with Gasteiger partial charge in [0.15, 0.2) is 0 Å². The first-order chi connectivity index (χ1) is 7.46. The van der Waals surface area contributed by atoms with Crippen LogP contribution in [0.1, 0.15) is 5.56 Å². The van der Waals surface area contributed by atoms with Crippen LogP contribution in [0.3, 0.4) is 0 Å². The summed E-state index contributed by atoms with van der Waals surface area (Å²) in [6.45, 7) is -1.33. The van der Waals surface area contributed by atoms with Crippen LogP contribution < -0.4 is 5.32 Å². The fraction of sp³-hybridized carbons (Fsp3) is 0.333. The number of urea groups is 1. The van der Waals surface area contributed by atoms with Gasteiger partial charge in [-0.15, -0.1) is 0 Å². The van der Waals surface area contributed by atoms with Crippen molar-refractivity contribution in [1.29, 1.82) is 0 Å². The Morgan fingerprint density at radius 2 is 2.25 bits per heavy atom. The second-order valence-corrected chi connectivity index (χ2v) is 3.41. The molecule has 0 saturated carbocycles. The summed E-state index contributed by atoms with van der Waals surface area (Å²) in [5, 5.41) is 2.31. The van der Waals surface area contributed by atoms with E-state index in [9.17, 15) is 18.0 Å². The van der Waals surface area contributed by atoms with Crippen molar-refractivity contribution >= 4 is 11.8 Å². The molecule has 1 N–H and O–H groups in total. The van der Waals surface area contributed by atoms with E-state index in [1.807, 2.05) is 0 Å². The van der Waals surface area contributed by atoms with Crippen molar-refractivity contribution in [2.75, 3.05) is 11.9 Å². The van der Waals surface area contributed by atoms with Gasteiger partial charge in [-0.1, -0.05) is 6.07 Å². The molecule has 86 valence electrons. The van der Waals surface area contributed by atoms with Crippen molar-refractivity contribution in [1.82, 2.24) is 9.88 Å². The Morgan fingerprint density at radius 1 is 1.50 bits per heavy atom. The van der Waals surface area contributed by atoms with E-state index in [0.29, 0.717) is 16.3 Å². The van der Waals surface area contributed by atoms with Crippen LogP contribution in [0.25, 0.3) is 0 Å². The van der Waals surface area contributed by atoms with Crippen LogP contribution in [0.4, 0.5) is 23.8 Å². The Balaban J connectivity index is 2.18. The average molecular weight is 231 g/mol. The second-order valence-electron chi connectivity index (χ2n) is 3.41. The highest BCUT2D eigenvalue weighted by Gasteiger charge is 2.35. The zero-order valence-corrected chi connectivity index (χ0v) is 8.08. The van der Waals surface area contributed by atoms with Gasteiger partial charge in [0.2, 0.25) is 0 Å². The molecule has 0 aliphatic carbocycles. The Hall–Kier alpha value is -1.79. The normalized spacial score (nSPS) is 15.7. The second kappa shape index (κ2) is 3.66. The SMILES string of the molecule is O=C1Nc2ncccc2CN1CC(F)(F)F. The lowest BCUT2D eigenvalue weighted by Crippen LogP contribution is -2.44. The van der Waals surface area contributed by atoms with Gasteiger partial charge in [0.25, 0.3) is 0 Å². The van der Waals surface area contributed by atoms with Gasteiger partial charge >= 0.3 is 12.2 Å². The minimum atomic E-state index is -4.39. The first kappa shape index (κ1) is 10.7. The molecule has 0 fully saturated rings. The predicted octanol–water partition coefficient (Wildman–Crippen LogP) is 1.99. The highest BCUT2D eigenvalue weighted by atomic mass is 19.4. The molecule has 2 rings (SSSR count). The quantitative estimate of drug-likeness (QED) is 0.803. The molecule has 7 heteroatoms. The molecule has 0 aromatic carbocycles. The molecule has 1 aliphatic heterocycles. The summed E-state index contributed by atoms with van der Waals surface area (Å²) in [5.74, 6) is 0.325. The van der Waals surface area contributed by atoms with Crippen LogP contribution in [0, 0.1) is 0 Å². The number of carbonyl (C=O) groups is 1. The molecule has 1 aromatic rings. The third-order valence-corrected chi connectivity index (χ3v) is 2.14. The zero-order valence-electron chi connectivity index (χ0n) is 8.08. The number of anilines is 1. The van der Waals surface area contributed by atoms with E-state index in [1.165, 1.54) is 6.20 Å². The maximum atomic E-state index is 12.2. The molecule has 2 amide bonds. The molecule has 0 radical (unpaired) electrons. The van der Waals surface area contributed by atoms with E-state index >= 15 is 0 Å². The number of alkyl halides is 3. The topological polar surface area (TPSA) is 45.2 Å². The van der Waals surface area contributed by atoms with Gasteiger partial charge in [-0.3, -0.25) is 5.32 Å². The van der Waals surface area contributed by atoms with Gasteiger partial charge < -0.3 is 4.90 Å². The fourth-order valence-electron chi connectivity index (χ4n) is 1.48. The summed E-state index contributed by atoms with van der Waals surface area (Å²) in [4.78, 5) is 15.9. The molecule has 1 aliphatic rings. The van der Waals surface area contributed by atoms with Crippen molar-refractivity contribution < 1.29 is 18.0 Å². The molecule has 2 heterocycles. The maximum Gasteiger partial charge on any atom is 0.406 e. The number of carbonyl (C=O) groups excluding carboxylic acids is 1. The van der Waals surface area contributed by atoms with E-state index in [4.69, 9.17) is 0 Å². The Kier molecular flexibility index (Phi) is 2.45. The van der Waals surface area contributed by atoms with Crippen LogP contribution in [0.15, 0.2) is 18.3 Å². The fourth-order valence-corrected chi connectivity index (χ4v) is 1.48. The minimum absolute atomic E-state index is 0.0749. The van der Waals surface area contributed by atoms with Crippen molar-refractivity contribution in [3.05, 3.63) is 23.9 Å². The molecule has 16 heavy (non-hydrogen) atoms. The van der Waals surface area contributed by atoms with Crippen molar-refractivity contribution in [3.63, 3.8) is 0 Å². The number of fused-ring (bicyclic) bond motifs is 1. The smallest absolute Gasteiger partial charge is 0.311 e. The van der Waals surface area contributed by atoms with Crippen LogP contribution in [0.5, 0.6) is 0 Å². The highest BCUT2D eigenvalue weighted by Crippen LogP contribution is 2.24. The number of rotatable bonds is 1. The van der Waals surface area contributed by atoms with E-state index < -0.39 is 18.8 Å². The van der Waals surface area contributed by atoms with Crippen molar-refractivity contribution in [2.45, 2.75) is 12.7 Å². The summed E-state index contributed by atoms with van der Waals surface area (Å²) in [6.07, 6.45) is -2.92. The lowest BCUT2D eigenvalue weighted by atomic mass is 10.2. The Labute approximate surface area is 89.1 Å². The molecule has 0 unspecified atom stereocenters. The number of aromatic nitrogens is 1. The number of amides is 2. The third kappa shape index (κ3) is 2.23. The van der Waals surface area contributed by atoms with E-state index in [2.05, 4.69) is 10.3 Å². The van der Waals surface area contributed by atoms with Crippen molar-refractivity contribution in [2.24, 2.45) is 0 Å². The van der Waals surface area contributed by atoms with Crippen LogP contribution >= 0.6 is 0 Å². The predicted molar refractivity (Wildman–Crippen MR) is 49.7 cm³/mol. The number of hydrogen-bond acceptors (Lipinski definition) is 2. The molecule has 4 nitrogen and oxygen atoms in total. The first-order valence-corrected chi connectivity index (χ1v) is 4.52. The Bertz CT molecular complexity index is 419. The summed E-state index contributed by atoms with van der Waals surface area (Å²) in [5.41, 5.74) is 0.575. The minimum Gasteiger partial charge on any atom is -0.311 e. The van der Waals surface area contributed by atoms with Gasteiger partial charge in [0, 0.05) is 11.8 Å². The molecular weight excluding hydrogens is 223 g/mol. The van der Waals surface area contributed by atoms with Gasteiger partial charge in [0.05, 0.1) is 6.54 Å². The molecular formula is C9H8F3N3O. The molecule has 0 saturated heterocycles. The van der Waals surface area contributed by atoms with Gasteiger partial charge in [-0.25, -0.2) is 9.78 Å². The zero-order chi connectivity index (χ0) is 11.8. The molecule has 0 spiro atoms. The number of nitrogens with zero attached hydrogens (tertiary/aromatic N) is 2. The van der Waals surface area contributed by atoms with Gasteiger partial charge in [-0.05, 0) is 6.07 Å². The number of halogens is 3. The number of hydrogen-bond donors (Lipinski definition) is 1. The van der Waals surface area contributed by atoms with E-state index in [-0.39, 0.29) is 6.54 Å². The summed E-state index contributed by atoms with van der Waals surface area (Å²) < 4.78 is 36.5. The monoisotopic (exact) mass is 231 g/mol. The Morgan fingerprint density at radius 3 is 2.94 bits per heavy atom. The number of pyridine rings is 1. The summed E-state index contributed by atoms with van der Waals surface area (Å²) >= 11 is 0. The van der Waals surface area contributed by atoms with Crippen LogP contribution in [-0.4, -0.2) is 28.6 Å². The van der Waals surface area contributed by atoms with Gasteiger partial charge in [0.1, 0.15) is 12.4 Å². The third-order valence-electron chi connectivity index (χ3n) is 2.14. The molecule has 0 bridgehead atoms. The van der Waals surface area contributed by atoms with Crippen LogP contribution in [0.2, 0.25) is 0 Å². The summed E-state index contributed by atoms with van der Waals surface area (Å²) in [6, 6.07) is 2.47. The van der Waals surface area contributed by atoms with E-state index in [1.54, 1.807) is 12.1 Å². The van der Waals surface area contributed by atoms with Gasteiger partial charge in [-0.2, -0.15) is 13.2 Å². The molecule has 0 atom stereocenters. The average Bonchev–Trinajstić information content (AvgIpc) is 2.17. The van der Waals surface area contributed by atoms with E-state index in [0.717, 1.165) is 0 Å². The van der Waals surface area contributed by atoms with Crippen molar-refractivity contribution in [3.8, 4) is 0 Å². The summed E-state index contributed by atoms with van der Waals surface area (Å²) in [7, 11) is 0. The first-order valence-electron chi connectivity index (χ1n) is 4.52. The molecule has 1 aromatic heterocycles. The maximum absolute atomic E-state index is 12.2. The standard InChI is InChI=1S/C9H8F3N3O/c10-9(11,12)5-15-4-6-2-1-3-13-7(6)14-8(15)16/h1-3H,4-5H2,(H,13,14,16).